The standard InChI is InChI=1S/C20H13F3N2O.C19H13BrN2O.C3H3F3O4S.CH4/c21-20(22,23)17-15-9-5-4-8-14(15)10-16-18(17)24-12-25-19(16)26-11-13-6-2-1-3-7-13;20-17-15-9-5-4-8-14(15)10-16-18(17)21-12-22-19(16)23-11-13-6-2-1-3-7-13;1-10-2(7)3(4,5)11(6,8)9;/h1-10,12H,11H2;1-10,12H,11H2;1H3;1H4. The van der Waals surface area contributed by atoms with E-state index in [9.17, 15) is 39.1 Å². The van der Waals surface area contributed by atoms with E-state index in [-0.39, 0.29) is 36.2 Å². The second-order valence-electron chi connectivity index (χ2n) is 12.5. The van der Waals surface area contributed by atoms with Crippen molar-refractivity contribution in [1.29, 1.82) is 0 Å². The summed E-state index contributed by atoms with van der Waals surface area (Å²) in [5.74, 6) is -1.71. The Bertz CT molecular complexity index is 2910. The zero-order valence-electron chi connectivity index (χ0n) is 30.9. The Morgan fingerprint density at radius 1 is 0.623 bits per heavy atom. The average molecular weight is 928 g/mol. The lowest BCUT2D eigenvalue weighted by molar-refractivity contribution is -0.157. The predicted octanol–water partition coefficient (Wildman–Crippen LogP) is 11.2. The molecule has 18 heteroatoms. The molecule has 0 N–H and O–H groups in total. The molecular formula is C43H33BrF6N4O6S. The summed E-state index contributed by atoms with van der Waals surface area (Å²) in [5, 5.41) is -1.11. The monoisotopic (exact) mass is 926 g/mol. The first-order valence-corrected chi connectivity index (χ1v) is 19.6. The van der Waals surface area contributed by atoms with Crippen LogP contribution in [0.15, 0.2) is 138 Å². The maximum absolute atomic E-state index is 13.7. The summed E-state index contributed by atoms with van der Waals surface area (Å²) in [6.07, 6.45) is -1.89. The number of aromatic nitrogens is 4. The molecule has 8 aromatic rings. The van der Waals surface area contributed by atoms with E-state index in [0.29, 0.717) is 25.0 Å². The molecule has 0 unspecified atom stereocenters. The molecule has 0 aliphatic rings. The molecule has 0 bridgehead atoms. The quantitative estimate of drug-likeness (QED) is 0.0628. The van der Waals surface area contributed by atoms with E-state index < -0.39 is 33.2 Å². The third-order valence-corrected chi connectivity index (χ3v) is 10.2. The summed E-state index contributed by atoms with van der Waals surface area (Å²) < 4.78 is 112. The molecule has 0 atom stereocenters. The first kappa shape index (κ1) is 45.7. The molecule has 316 valence electrons. The smallest absolute Gasteiger partial charge is 0.470 e. The van der Waals surface area contributed by atoms with Crippen LogP contribution in [0.4, 0.5) is 25.8 Å². The van der Waals surface area contributed by atoms with Crippen molar-refractivity contribution in [1.82, 2.24) is 19.9 Å². The van der Waals surface area contributed by atoms with Gasteiger partial charge in [-0.1, -0.05) is 121 Å². The topological polar surface area (TPSA) is 130 Å². The number of carbonyl (C=O) groups excluding carboxylic acids is 1. The number of hydrogen-bond acceptors (Lipinski definition) is 10. The van der Waals surface area contributed by atoms with Crippen LogP contribution in [0.25, 0.3) is 43.4 Å². The Balaban J connectivity index is 0.000000186. The fourth-order valence-electron chi connectivity index (χ4n) is 5.82. The molecular weight excluding hydrogens is 894 g/mol. The van der Waals surface area contributed by atoms with Crippen LogP contribution in [0.2, 0.25) is 0 Å². The Kier molecular flexibility index (Phi) is 14.5. The normalized spacial score (nSPS) is 11.5. The van der Waals surface area contributed by atoms with Crippen molar-refractivity contribution in [3.63, 3.8) is 0 Å². The minimum Gasteiger partial charge on any atom is -0.472 e. The SMILES string of the molecule is Brc1c2ccccc2cc2c(OCc3ccccc3)ncnc12.C.COC(=O)C(F)(F)S(=O)(=O)F.FC(F)(F)c1c2ccccc2cc2c(OCc3ccccc3)ncnc12. The maximum Gasteiger partial charge on any atom is 0.470 e. The molecule has 0 saturated carbocycles. The van der Waals surface area contributed by atoms with Crippen LogP contribution in [-0.2, 0) is 39.1 Å². The fourth-order valence-corrected chi connectivity index (χ4v) is 6.78. The molecule has 10 nitrogen and oxygen atoms in total. The number of hydrogen-bond donors (Lipinski definition) is 0. The molecule has 61 heavy (non-hydrogen) atoms. The van der Waals surface area contributed by atoms with E-state index in [2.05, 4.69) is 58.8 Å². The largest absolute Gasteiger partial charge is 0.472 e. The minimum absolute atomic E-state index is 0. The van der Waals surface area contributed by atoms with Gasteiger partial charge in [0.2, 0.25) is 11.8 Å². The highest BCUT2D eigenvalue weighted by molar-refractivity contribution is 9.10. The number of nitrogens with zero attached hydrogens (tertiary/aromatic N) is 4. The van der Waals surface area contributed by atoms with Crippen molar-refractivity contribution in [3.8, 4) is 11.8 Å². The first-order valence-electron chi connectivity index (χ1n) is 17.4. The Hall–Kier alpha value is -6.40. The molecule has 0 fully saturated rings. The third kappa shape index (κ3) is 10.5. The number of alkyl halides is 5. The van der Waals surface area contributed by atoms with Crippen molar-refractivity contribution in [2.24, 2.45) is 0 Å². The van der Waals surface area contributed by atoms with Gasteiger partial charge in [-0.2, -0.15) is 30.4 Å². The van der Waals surface area contributed by atoms with Crippen LogP contribution in [0.3, 0.4) is 0 Å². The van der Waals surface area contributed by atoms with Crippen LogP contribution >= 0.6 is 15.9 Å². The summed E-state index contributed by atoms with van der Waals surface area (Å²) in [6.45, 7) is 0.693. The summed E-state index contributed by atoms with van der Waals surface area (Å²) >= 11 is 3.67. The van der Waals surface area contributed by atoms with Gasteiger partial charge in [-0.3, -0.25) is 0 Å². The summed E-state index contributed by atoms with van der Waals surface area (Å²) in [4.78, 5) is 26.6. The van der Waals surface area contributed by atoms with Gasteiger partial charge in [-0.15, -0.1) is 0 Å². The van der Waals surface area contributed by atoms with Gasteiger partial charge in [-0.05, 0) is 60.7 Å². The zero-order chi connectivity index (χ0) is 43.1. The van der Waals surface area contributed by atoms with Gasteiger partial charge >= 0.3 is 27.6 Å². The molecule has 2 aromatic heterocycles. The van der Waals surface area contributed by atoms with Crippen molar-refractivity contribution in [2.75, 3.05) is 7.11 Å². The van der Waals surface area contributed by atoms with Crippen molar-refractivity contribution >= 4 is 75.5 Å². The average Bonchev–Trinajstić information content (AvgIpc) is 3.24. The van der Waals surface area contributed by atoms with Crippen molar-refractivity contribution < 1.29 is 53.3 Å². The molecule has 0 aliphatic heterocycles. The number of benzene rings is 6. The summed E-state index contributed by atoms with van der Waals surface area (Å²) in [7, 11) is -5.71. The second-order valence-corrected chi connectivity index (χ2v) is 14.7. The number of halogens is 7. The lowest BCUT2D eigenvalue weighted by Gasteiger charge is -2.15. The lowest BCUT2D eigenvalue weighted by atomic mass is 10.0. The van der Waals surface area contributed by atoms with E-state index in [0.717, 1.165) is 43.6 Å². The lowest BCUT2D eigenvalue weighted by Crippen LogP contribution is -2.36. The van der Waals surface area contributed by atoms with Gasteiger partial charge < -0.3 is 14.2 Å². The van der Waals surface area contributed by atoms with Gasteiger partial charge in [0.1, 0.15) is 25.9 Å². The first-order chi connectivity index (χ1) is 28.6. The van der Waals surface area contributed by atoms with Gasteiger partial charge in [0.25, 0.3) is 0 Å². The molecule has 0 saturated heterocycles. The summed E-state index contributed by atoms with van der Waals surface area (Å²) in [6, 6.07) is 37.7. The van der Waals surface area contributed by atoms with Crippen LogP contribution in [-0.4, -0.2) is 46.7 Å². The third-order valence-electron chi connectivity index (χ3n) is 8.62. The van der Waals surface area contributed by atoms with Crippen LogP contribution in [0.5, 0.6) is 11.8 Å². The molecule has 0 amide bonds. The van der Waals surface area contributed by atoms with Crippen LogP contribution < -0.4 is 9.47 Å². The van der Waals surface area contributed by atoms with Gasteiger partial charge in [0.05, 0.1) is 39.0 Å². The van der Waals surface area contributed by atoms with Crippen LogP contribution in [0.1, 0.15) is 24.1 Å². The van der Waals surface area contributed by atoms with E-state index in [1.165, 1.54) is 6.07 Å². The van der Waals surface area contributed by atoms with E-state index >= 15 is 0 Å². The highest BCUT2D eigenvalue weighted by Crippen LogP contribution is 2.41. The number of rotatable bonds is 8. The van der Waals surface area contributed by atoms with Gasteiger partial charge in [0.15, 0.2) is 0 Å². The minimum atomic E-state index is -6.22. The number of esters is 1. The highest BCUT2D eigenvalue weighted by atomic mass is 79.9. The Labute approximate surface area is 353 Å². The number of ether oxygens (including phenoxy) is 3. The van der Waals surface area contributed by atoms with E-state index in [1.54, 1.807) is 30.6 Å². The number of fused-ring (bicyclic) bond motifs is 4. The molecule has 2 heterocycles. The number of carbonyl (C=O) groups is 1. The molecule has 0 aliphatic carbocycles. The van der Waals surface area contributed by atoms with Crippen molar-refractivity contribution in [2.45, 2.75) is 32.1 Å². The molecule has 8 rings (SSSR count). The number of methoxy groups -OCH3 is 1. The molecule has 0 radical (unpaired) electrons. The maximum atomic E-state index is 13.7. The van der Waals surface area contributed by atoms with Crippen LogP contribution in [0, 0.1) is 0 Å². The van der Waals surface area contributed by atoms with E-state index in [4.69, 9.17) is 9.47 Å². The van der Waals surface area contributed by atoms with Gasteiger partial charge in [0, 0.05) is 0 Å². The molecule has 6 aromatic carbocycles. The highest BCUT2D eigenvalue weighted by Gasteiger charge is 2.55. The zero-order valence-corrected chi connectivity index (χ0v) is 33.3. The summed E-state index contributed by atoms with van der Waals surface area (Å²) in [5.41, 5.74) is 1.95. The Morgan fingerprint density at radius 2 is 1.05 bits per heavy atom. The van der Waals surface area contributed by atoms with E-state index in [1.807, 2.05) is 72.8 Å². The fraction of sp³-hybridized carbons (Fsp3) is 0.140. The predicted molar refractivity (Wildman–Crippen MR) is 222 cm³/mol. The van der Waals surface area contributed by atoms with Gasteiger partial charge in [-0.25, -0.2) is 24.7 Å². The second kappa shape index (κ2) is 19.3. The molecule has 0 spiro atoms. The Morgan fingerprint density at radius 3 is 1.51 bits per heavy atom. The van der Waals surface area contributed by atoms with Crippen molar-refractivity contribution in [3.05, 3.63) is 155 Å².